The fourth-order valence-corrected chi connectivity index (χ4v) is 2.50. The van der Waals surface area contributed by atoms with Gasteiger partial charge in [-0.25, -0.2) is 20.2 Å². The second-order valence-electron chi connectivity index (χ2n) is 3.42. The molecule has 8 heteroatoms. The molecule has 0 aromatic carbocycles. The Morgan fingerprint density at radius 2 is 2.06 bits per heavy atom. The number of hydrogen-bond donors (Lipinski definition) is 2. The number of aryl methyl sites for hydroxylation is 1. The van der Waals surface area contributed by atoms with E-state index in [0.717, 1.165) is 4.47 Å². The minimum Gasteiger partial charge on any atom is -0.306 e. The van der Waals surface area contributed by atoms with Crippen LogP contribution in [0.15, 0.2) is 21.2 Å². The first-order valence-corrected chi connectivity index (χ1v) is 6.43. The molecule has 2 rings (SSSR count). The summed E-state index contributed by atoms with van der Waals surface area (Å²) >= 11 is 6.65. The molecule has 0 fully saturated rings. The van der Waals surface area contributed by atoms with Crippen LogP contribution in [0.5, 0.6) is 0 Å². The van der Waals surface area contributed by atoms with E-state index in [2.05, 4.69) is 52.2 Å². The Balaban J connectivity index is 2.60. The van der Waals surface area contributed by atoms with E-state index >= 15 is 0 Å². The fourth-order valence-electron chi connectivity index (χ4n) is 1.34. The number of halogens is 3. The molecule has 0 aliphatic heterocycles. The molecule has 0 radical (unpaired) electrons. The van der Waals surface area contributed by atoms with Crippen molar-refractivity contribution in [1.82, 2.24) is 15.0 Å². The van der Waals surface area contributed by atoms with Crippen molar-refractivity contribution < 1.29 is 4.39 Å². The molecule has 18 heavy (non-hydrogen) atoms. The summed E-state index contributed by atoms with van der Waals surface area (Å²) in [6, 6.07) is 1.81. The average molecular weight is 377 g/mol. The van der Waals surface area contributed by atoms with Crippen molar-refractivity contribution >= 4 is 37.7 Å². The first kappa shape index (κ1) is 13.3. The van der Waals surface area contributed by atoms with E-state index in [0.29, 0.717) is 16.0 Å². The van der Waals surface area contributed by atoms with Gasteiger partial charge >= 0.3 is 0 Å². The van der Waals surface area contributed by atoms with Gasteiger partial charge in [-0.05, 0) is 44.8 Å². The fraction of sp³-hybridized carbons (Fsp3) is 0.100. The van der Waals surface area contributed by atoms with Crippen LogP contribution >= 0.6 is 31.9 Å². The Labute approximate surface area is 119 Å². The van der Waals surface area contributed by atoms with Crippen molar-refractivity contribution in [3.8, 4) is 11.5 Å². The molecule has 94 valence electrons. The van der Waals surface area contributed by atoms with E-state index in [1.54, 1.807) is 12.3 Å². The third-order valence-electron chi connectivity index (χ3n) is 2.17. The van der Waals surface area contributed by atoms with Crippen LogP contribution in [-0.4, -0.2) is 15.0 Å². The van der Waals surface area contributed by atoms with Gasteiger partial charge in [0.15, 0.2) is 17.5 Å². The summed E-state index contributed by atoms with van der Waals surface area (Å²) in [5.74, 6) is 4.87. The Morgan fingerprint density at radius 1 is 1.33 bits per heavy atom. The van der Waals surface area contributed by atoms with E-state index < -0.39 is 5.82 Å². The normalized spacial score (nSPS) is 10.5. The van der Waals surface area contributed by atoms with Crippen LogP contribution in [0, 0.1) is 12.7 Å². The van der Waals surface area contributed by atoms with Gasteiger partial charge in [-0.2, -0.15) is 0 Å². The highest BCUT2D eigenvalue weighted by atomic mass is 79.9. The summed E-state index contributed by atoms with van der Waals surface area (Å²) in [4.78, 5) is 12.2. The van der Waals surface area contributed by atoms with Gasteiger partial charge in [0.1, 0.15) is 5.69 Å². The van der Waals surface area contributed by atoms with Crippen LogP contribution in [0.3, 0.4) is 0 Å². The number of pyridine rings is 1. The first-order valence-electron chi connectivity index (χ1n) is 4.85. The Kier molecular flexibility index (Phi) is 3.88. The van der Waals surface area contributed by atoms with Crippen LogP contribution in [-0.2, 0) is 0 Å². The van der Waals surface area contributed by atoms with Gasteiger partial charge in [0.05, 0.1) is 5.69 Å². The predicted molar refractivity (Wildman–Crippen MR) is 73.2 cm³/mol. The quantitative estimate of drug-likeness (QED) is 0.622. The molecule has 0 amide bonds. The van der Waals surface area contributed by atoms with E-state index in [9.17, 15) is 4.39 Å². The molecule has 0 unspecified atom stereocenters. The number of aromatic nitrogens is 3. The molecule has 0 bridgehead atoms. The van der Waals surface area contributed by atoms with Gasteiger partial charge in [0.25, 0.3) is 0 Å². The Bertz CT molecular complexity index is 605. The summed E-state index contributed by atoms with van der Waals surface area (Å²) in [5, 5.41) is 0. The maximum Gasteiger partial charge on any atom is 0.187 e. The molecular weight excluding hydrogens is 369 g/mol. The minimum absolute atomic E-state index is 0.0610. The van der Waals surface area contributed by atoms with Crippen LogP contribution in [0.25, 0.3) is 11.5 Å². The molecule has 5 nitrogen and oxygen atoms in total. The summed E-state index contributed by atoms with van der Waals surface area (Å²) in [7, 11) is 0. The maximum atomic E-state index is 13.6. The molecule has 0 spiro atoms. The molecule has 3 N–H and O–H groups in total. The van der Waals surface area contributed by atoms with Crippen LogP contribution < -0.4 is 11.3 Å². The van der Waals surface area contributed by atoms with Crippen molar-refractivity contribution in [1.29, 1.82) is 0 Å². The SMILES string of the molecule is Cc1nc(-c2ncc(Br)cc2Br)nc(NN)c1F. The lowest BCUT2D eigenvalue weighted by atomic mass is 10.3. The summed E-state index contributed by atoms with van der Waals surface area (Å²) in [6.07, 6.45) is 1.61. The average Bonchev–Trinajstić information content (AvgIpc) is 2.32. The zero-order valence-corrected chi connectivity index (χ0v) is 12.4. The molecule has 0 aliphatic carbocycles. The van der Waals surface area contributed by atoms with Gasteiger partial charge in [-0.3, -0.25) is 4.98 Å². The minimum atomic E-state index is -0.575. The Hall–Kier alpha value is -1.12. The zero-order chi connectivity index (χ0) is 13.3. The molecular formula is C10H8Br2FN5. The lowest BCUT2D eigenvalue weighted by Crippen LogP contribution is -2.13. The molecule has 2 aromatic rings. The second kappa shape index (κ2) is 5.25. The number of anilines is 1. The predicted octanol–water partition coefficient (Wildman–Crippen LogP) is 2.80. The van der Waals surface area contributed by atoms with Crippen molar-refractivity contribution in [3.05, 3.63) is 32.7 Å². The van der Waals surface area contributed by atoms with Gasteiger partial charge < -0.3 is 5.43 Å². The first-order chi connectivity index (χ1) is 8.52. The molecule has 0 atom stereocenters. The van der Waals surface area contributed by atoms with E-state index in [4.69, 9.17) is 5.84 Å². The molecule has 2 aromatic heterocycles. The van der Waals surface area contributed by atoms with Crippen molar-refractivity contribution in [2.75, 3.05) is 5.43 Å². The number of hydrogen-bond acceptors (Lipinski definition) is 5. The van der Waals surface area contributed by atoms with Gasteiger partial charge in [-0.1, -0.05) is 0 Å². The van der Waals surface area contributed by atoms with Gasteiger partial charge in [-0.15, -0.1) is 0 Å². The van der Waals surface area contributed by atoms with E-state index in [1.165, 1.54) is 6.92 Å². The molecule has 0 saturated carbocycles. The number of rotatable bonds is 2. The third-order valence-corrected chi connectivity index (χ3v) is 3.21. The standard InChI is InChI=1S/C10H8Br2FN5/c1-4-7(13)9(18-14)17-10(16-4)8-6(12)2-5(11)3-15-8/h2-3H,14H2,1H3,(H,16,17,18). The summed E-state index contributed by atoms with van der Waals surface area (Å²) in [5.41, 5.74) is 2.91. The van der Waals surface area contributed by atoms with Crippen LogP contribution in [0.2, 0.25) is 0 Å². The number of hydrazine groups is 1. The van der Waals surface area contributed by atoms with E-state index in [1.807, 2.05) is 0 Å². The number of nitrogens with one attached hydrogen (secondary N) is 1. The number of nitrogen functional groups attached to an aromatic ring is 1. The molecule has 0 saturated heterocycles. The van der Waals surface area contributed by atoms with Gasteiger partial charge in [0.2, 0.25) is 0 Å². The van der Waals surface area contributed by atoms with Crippen molar-refractivity contribution in [2.24, 2.45) is 5.84 Å². The lowest BCUT2D eigenvalue weighted by Gasteiger charge is -2.08. The molecule has 0 aliphatic rings. The largest absolute Gasteiger partial charge is 0.306 e. The van der Waals surface area contributed by atoms with Crippen molar-refractivity contribution in [2.45, 2.75) is 6.92 Å². The third kappa shape index (κ3) is 2.50. The maximum absolute atomic E-state index is 13.6. The highest BCUT2D eigenvalue weighted by molar-refractivity contribution is 9.11. The number of nitrogens with zero attached hydrogens (tertiary/aromatic N) is 3. The van der Waals surface area contributed by atoms with Crippen LogP contribution in [0.4, 0.5) is 10.2 Å². The second-order valence-corrected chi connectivity index (χ2v) is 5.19. The lowest BCUT2D eigenvalue weighted by molar-refractivity contribution is 0.606. The van der Waals surface area contributed by atoms with Crippen LogP contribution in [0.1, 0.15) is 5.69 Å². The van der Waals surface area contributed by atoms with Crippen molar-refractivity contribution in [3.63, 3.8) is 0 Å². The highest BCUT2D eigenvalue weighted by Crippen LogP contribution is 2.27. The zero-order valence-electron chi connectivity index (χ0n) is 9.21. The Morgan fingerprint density at radius 3 is 2.67 bits per heavy atom. The topological polar surface area (TPSA) is 76.7 Å². The number of nitrogens with two attached hydrogens (primary N) is 1. The van der Waals surface area contributed by atoms with Gasteiger partial charge in [0, 0.05) is 15.1 Å². The highest BCUT2D eigenvalue weighted by Gasteiger charge is 2.14. The monoisotopic (exact) mass is 375 g/mol. The summed E-state index contributed by atoms with van der Waals surface area (Å²) < 4.78 is 15.1. The van der Waals surface area contributed by atoms with E-state index in [-0.39, 0.29) is 11.5 Å². The smallest absolute Gasteiger partial charge is 0.187 e. The summed E-state index contributed by atoms with van der Waals surface area (Å²) in [6.45, 7) is 1.54. The molecule has 2 heterocycles.